The molecule has 1 aromatic rings. The first kappa shape index (κ1) is 12.2. The Hall–Kier alpha value is -0.860. The third-order valence-corrected chi connectivity index (χ3v) is 4.79. The molecule has 2 heteroatoms. The number of hydrogen-bond acceptors (Lipinski definition) is 2. The van der Waals surface area contributed by atoms with Crippen LogP contribution in [0, 0.1) is 11.8 Å². The molecule has 2 nitrogen and oxygen atoms in total. The molecule has 0 radical (unpaired) electrons. The van der Waals surface area contributed by atoms with Crippen LogP contribution in [-0.2, 0) is 6.54 Å². The van der Waals surface area contributed by atoms with Gasteiger partial charge < -0.3 is 10.4 Å². The van der Waals surface area contributed by atoms with E-state index in [0.717, 1.165) is 12.5 Å². The summed E-state index contributed by atoms with van der Waals surface area (Å²) in [6, 6.07) is 8.64. The summed E-state index contributed by atoms with van der Waals surface area (Å²) in [5, 5.41) is 14.1. The first-order chi connectivity index (χ1) is 8.75. The van der Waals surface area contributed by atoms with Gasteiger partial charge in [0.1, 0.15) is 0 Å². The van der Waals surface area contributed by atoms with Crippen LogP contribution in [0.15, 0.2) is 24.3 Å². The van der Waals surface area contributed by atoms with E-state index < -0.39 is 0 Å². The predicted octanol–water partition coefficient (Wildman–Crippen LogP) is 3.02. The molecule has 1 heterocycles. The van der Waals surface area contributed by atoms with E-state index in [4.69, 9.17) is 0 Å². The summed E-state index contributed by atoms with van der Waals surface area (Å²) in [4.78, 5) is 0. The van der Waals surface area contributed by atoms with Crippen molar-refractivity contribution in [2.45, 2.75) is 51.3 Å². The van der Waals surface area contributed by atoms with Gasteiger partial charge in [0.25, 0.3) is 0 Å². The maximum absolute atomic E-state index is 10.6. The van der Waals surface area contributed by atoms with Gasteiger partial charge in [0, 0.05) is 6.54 Å². The molecule has 3 rings (SSSR count). The lowest BCUT2D eigenvalue weighted by Crippen LogP contribution is -2.35. The van der Waals surface area contributed by atoms with E-state index in [1.54, 1.807) is 0 Å². The zero-order valence-electron chi connectivity index (χ0n) is 11.1. The van der Waals surface area contributed by atoms with Crippen molar-refractivity contribution in [2.75, 3.05) is 0 Å². The number of aliphatic hydroxyl groups excluding tert-OH is 1. The first-order valence-electron chi connectivity index (χ1n) is 7.25. The number of hydrogen-bond donors (Lipinski definition) is 2. The van der Waals surface area contributed by atoms with Gasteiger partial charge in [0.2, 0.25) is 0 Å². The smallest absolute Gasteiger partial charge is 0.0763 e. The van der Waals surface area contributed by atoms with Crippen molar-refractivity contribution in [1.82, 2.24) is 5.32 Å². The van der Waals surface area contributed by atoms with E-state index >= 15 is 0 Å². The van der Waals surface area contributed by atoms with E-state index in [1.807, 2.05) is 0 Å². The molecular weight excluding hydrogens is 222 g/mol. The van der Waals surface area contributed by atoms with Gasteiger partial charge in [-0.05, 0) is 35.8 Å². The van der Waals surface area contributed by atoms with Crippen LogP contribution in [0.1, 0.15) is 49.8 Å². The molecule has 0 bridgehead atoms. The topological polar surface area (TPSA) is 32.3 Å². The van der Waals surface area contributed by atoms with Gasteiger partial charge in [-0.2, -0.15) is 0 Å². The number of aliphatic hydroxyl groups is 1. The van der Waals surface area contributed by atoms with Gasteiger partial charge in [0.05, 0.1) is 12.1 Å². The summed E-state index contributed by atoms with van der Waals surface area (Å²) in [7, 11) is 0. The van der Waals surface area contributed by atoms with E-state index in [-0.39, 0.29) is 12.1 Å². The molecule has 1 aliphatic heterocycles. The van der Waals surface area contributed by atoms with Crippen LogP contribution >= 0.6 is 0 Å². The van der Waals surface area contributed by atoms with Crippen LogP contribution in [0.2, 0.25) is 0 Å². The van der Waals surface area contributed by atoms with Crippen LogP contribution in [0.25, 0.3) is 0 Å². The highest BCUT2D eigenvalue weighted by Crippen LogP contribution is 2.37. The lowest BCUT2D eigenvalue weighted by atomic mass is 9.77. The predicted molar refractivity (Wildman–Crippen MR) is 73.2 cm³/mol. The quantitative estimate of drug-likeness (QED) is 0.839. The number of benzene rings is 1. The van der Waals surface area contributed by atoms with Crippen LogP contribution in [0.5, 0.6) is 0 Å². The Labute approximate surface area is 109 Å². The second-order valence-electron chi connectivity index (χ2n) is 6.07. The van der Waals surface area contributed by atoms with Gasteiger partial charge in [-0.1, -0.05) is 44.0 Å². The number of nitrogens with one attached hydrogen (secondary N) is 1. The molecule has 0 spiro atoms. The standard InChI is InChI=1S/C16H23NO/c1-11-6-8-12(9-7-11)16(18)15-14-5-3-2-4-13(14)10-17-15/h2-5,11-12,15-18H,6-10H2,1H3. The van der Waals surface area contributed by atoms with E-state index in [9.17, 15) is 5.11 Å². The van der Waals surface area contributed by atoms with Crippen LogP contribution in [0.4, 0.5) is 0 Å². The first-order valence-corrected chi connectivity index (χ1v) is 7.25. The third kappa shape index (κ3) is 2.19. The molecule has 2 unspecified atom stereocenters. The van der Waals surface area contributed by atoms with Gasteiger partial charge in [-0.3, -0.25) is 0 Å². The molecule has 2 aliphatic rings. The highest BCUT2D eigenvalue weighted by Gasteiger charge is 2.34. The van der Waals surface area contributed by atoms with Crippen molar-refractivity contribution in [3.8, 4) is 0 Å². The average Bonchev–Trinajstić information content (AvgIpc) is 2.82. The van der Waals surface area contributed by atoms with Crippen LogP contribution in [0.3, 0.4) is 0 Å². The molecule has 98 valence electrons. The fourth-order valence-electron chi connectivity index (χ4n) is 3.53. The van der Waals surface area contributed by atoms with Crippen LogP contribution < -0.4 is 5.32 Å². The molecule has 1 fully saturated rings. The van der Waals surface area contributed by atoms with Gasteiger partial charge in [-0.15, -0.1) is 0 Å². The summed E-state index contributed by atoms with van der Waals surface area (Å²) in [6.45, 7) is 3.23. The summed E-state index contributed by atoms with van der Waals surface area (Å²) >= 11 is 0. The molecule has 0 saturated heterocycles. The van der Waals surface area contributed by atoms with Crippen molar-refractivity contribution in [3.63, 3.8) is 0 Å². The highest BCUT2D eigenvalue weighted by atomic mass is 16.3. The van der Waals surface area contributed by atoms with Crippen molar-refractivity contribution in [3.05, 3.63) is 35.4 Å². The largest absolute Gasteiger partial charge is 0.391 e. The second-order valence-corrected chi connectivity index (χ2v) is 6.07. The maximum atomic E-state index is 10.6. The van der Waals surface area contributed by atoms with Crippen molar-refractivity contribution in [2.24, 2.45) is 11.8 Å². The van der Waals surface area contributed by atoms with Crippen LogP contribution in [-0.4, -0.2) is 11.2 Å². The maximum Gasteiger partial charge on any atom is 0.0763 e. The second kappa shape index (κ2) is 5.02. The Morgan fingerprint density at radius 1 is 1.17 bits per heavy atom. The zero-order valence-corrected chi connectivity index (χ0v) is 11.1. The normalized spacial score (nSPS) is 33.1. The lowest BCUT2D eigenvalue weighted by Gasteiger charge is -2.33. The molecule has 2 N–H and O–H groups in total. The van der Waals surface area contributed by atoms with Gasteiger partial charge in [0.15, 0.2) is 0 Å². The highest BCUT2D eigenvalue weighted by molar-refractivity contribution is 5.34. The SMILES string of the molecule is CC1CCC(C(O)C2NCc3ccccc32)CC1. The molecule has 1 saturated carbocycles. The van der Waals surface area contributed by atoms with E-state index in [0.29, 0.717) is 5.92 Å². The van der Waals surface area contributed by atoms with E-state index in [2.05, 4.69) is 36.5 Å². The molecule has 1 aromatic carbocycles. The van der Waals surface area contributed by atoms with Gasteiger partial charge in [-0.25, -0.2) is 0 Å². The Bertz CT molecular complexity index is 409. The zero-order chi connectivity index (χ0) is 12.5. The Morgan fingerprint density at radius 3 is 2.67 bits per heavy atom. The van der Waals surface area contributed by atoms with Crippen molar-refractivity contribution in [1.29, 1.82) is 0 Å². The van der Waals surface area contributed by atoms with Crippen molar-refractivity contribution >= 4 is 0 Å². The summed E-state index contributed by atoms with van der Waals surface area (Å²) in [6.07, 6.45) is 4.69. The molecular formula is C16H23NO. The monoisotopic (exact) mass is 245 g/mol. The van der Waals surface area contributed by atoms with Crippen molar-refractivity contribution < 1.29 is 5.11 Å². The Balaban J connectivity index is 1.72. The lowest BCUT2D eigenvalue weighted by molar-refractivity contribution is 0.0458. The summed E-state index contributed by atoms with van der Waals surface area (Å²) in [5.41, 5.74) is 2.66. The van der Waals surface area contributed by atoms with Gasteiger partial charge >= 0.3 is 0 Å². The molecule has 1 aliphatic carbocycles. The third-order valence-electron chi connectivity index (χ3n) is 4.79. The Kier molecular flexibility index (Phi) is 3.40. The number of rotatable bonds is 2. The molecule has 0 aromatic heterocycles. The molecule has 0 amide bonds. The minimum Gasteiger partial charge on any atom is -0.391 e. The minimum atomic E-state index is -0.221. The fourth-order valence-corrected chi connectivity index (χ4v) is 3.53. The fraction of sp³-hybridized carbons (Fsp3) is 0.625. The molecule has 2 atom stereocenters. The number of fused-ring (bicyclic) bond motifs is 1. The summed E-state index contributed by atoms with van der Waals surface area (Å²) < 4.78 is 0. The molecule has 18 heavy (non-hydrogen) atoms. The Morgan fingerprint density at radius 2 is 1.89 bits per heavy atom. The average molecular weight is 245 g/mol. The van der Waals surface area contributed by atoms with E-state index in [1.165, 1.54) is 36.8 Å². The minimum absolute atomic E-state index is 0.152. The summed E-state index contributed by atoms with van der Waals surface area (Å²) in [5.74, 6) is 1.32.